The highest BCUT2D eigenvalue weighted by atomic mass is 19.4. The predicted molar refractivity (Wildman–Crippen MR) is 75.3 cm³/mol. The topological polar surface area (TPSA) is 23.6 Å². The summed E-state index contributed by atoms with van der Waals surface area (Å²) in [6.45, 7) is 0.431. The van der Waals surface area contributed by atoms with Crippen LogP contribution in [0.15, 0.2) is 24.3 Å². The number of para-hydroxylation sites is 1. The van der Waals surface area contributed by atoms with Crippen molar-refractivity contribution in [2.75, 3.05) is 25.5 Å². The number of nitrogens with zero attached hydrogens (tertiary/aromatic N) is 2. The lowest BCUT2D eigenvalue weighted by Gasteiger charge is -2.37. The zero-order chi connectivity index (χ0) is 15.6. The van der Waals surface area contributed by atoms with Gasteiger partial charge in [-0.25, -0.2) is 0 Å². The lowest BCUT2D eigenvalue weighted by Crippen LogP contribution is -2.48. The highest BCUT2D eigenvalue weighted by Gasteiger charge is 2.33. The van der Waals surface area contributed by atoms with Crippen LogP contribution in [0, 0.1) is 0 Å². The lowest BCUT2D eigenvalue weighted by molar-refractivity contribution is -0.143. The number of fused-ring (bicyclic) bond motifs is 1. The maximum absolute atomic E-state index is 12.3. The Bertz CT molecular complexity index is 514. The molecular weight excluding hydrogens is 281 g/mol. The molecular formula is C15H19F3N2O. The third kappa shape index (κ3) is 3.97. The molecule has 21 heavy (non-hydrogen) atoms. The van der Waals surface area contributed by atoms with Crippen LogP contribution < -0.4 is 4.90 Å². The molecule has 0 aliphatic carbocycles. The fraction of sp³-hybridized carbons (Fsp3) is 0.533. The van der Waals surface area contributed by atoms with E-state index in [9.17, 15) is 18.0 Å². The zero-order valence-corrected chi connectivity index (χ0v) is 12.2. The van der Waals surface area contributed by atoms with Crippen molar-refractivity contribution < 1.29 is 18.0 Å². The number of benzene rings is 1. The Balaban J connectivity index is 2.19. The number of hydrogen-bond acceptors (Lipinski definition) is 2. The molecule has 0 spiro atoms. The minimum atomic E-state index is -4.30. The predicted octanol–water partition coefficient (Wildman–Crippen LogP) is 2.85. The van der Waals surface area contributed by atoms with Gasteiger partial charge in [-0.15, -0.1) is 0 Å². The average molecular weight is 300 g/mol. The second-order valence-corrected chi connectivity index (χ2v) is 5.57. The lowest BCUT2D eigenvalue weighted by atomic mass is 9.96. The van der Waals surface area contributed by atoms with Crippen LogP contribution in [0.2, 0.25) is 0 Å². The number of rotatable bonds is 3. The highest BCUT2D eigenvalue weighted by molar-refractivity contribution is 5.94. The Morgan fingerprint density at radius 2 is 2.00 bits per heavy atom. The summed E-state index contributed by atoms with van der Waals surface area (Å²) in [5.74, 6) is -0.466. The first-order valence-corrected chi connectivity index (χ1v) is 6.89. The zero-order valence-electron chi connectivity index (χ0n) is 12.2. The Morgan fingerprint density at radius 1 is 1.33 bits per heavy atom. The van der Waals surface area contributed by atoms with Crippen LogP contribution in [0.3, 0.4) is 0 Å². The van der Waals surface area contributed by atoms with Crippen molar-refractivity contribution in [1.29, 1.82) is 0 Å². The largest absolute Gasteiger partial charge is 0.389 e. The van der Waals surface area contributed by atoms with Gasteiger partial charge in [0, 0.05) is 24.7 Å². The quantitative estimate of drug-likeness (QED) is 0.857. The number of carbonyl (C=O) groups is 1. The molecule has 1 aromatic carbocycles. The van der Waals surface area contributed by atoms with E-state index in [0.29, 0.717) is 6.54 Å². The van der Waals surface area contributed by atoms with Crippen LogP contribution in [0.4, 0.5) is 18.9 Å². The van der Waals surface area contributed by atoms with Crippen molar-refractivity contribution in [3.05, 3.63) is 29.8 Å². The number of hydrogen-bond donors (Lipinski definition) is 0. The van der Waals surface area contributed by atoms with Crippen molar-refractivity contribution in [2.45, 2.75) is 31.5 Å². The summed E-state index contributed by atoms with van der Waals surface area (Å²) >= 11 is 0. The summed E-state index contributed by atoms with van der Waals surface area (Å²) < 4.78 is 36.9. The van der Waals surface area contributed by atoms with Gasteiger partial charge in [0.15, 0.2) is 0 Å². The molecule has 116 valence electrons. The Kier molecular flexibility index (Phi) is 4.56. The van der Waals surface area contributed by atoms with Gasteiger partial charge in [0.2, 0.25) is 5.91 Å². The summed E-state index contributed by atoms with van der Waals surface area (Å²) in [6, 6.07) is 7.53. The molecule has 1 aliphatic heterocycles. The van der Waals surface area contributed by atoms with Gasteiger partial charge >= 0.3 is 6.18 Å². The number of likely N-dealkylation sites (N-methyl/N-ethyl adjacent to an activating group) is 1. The van der Waals surface area contributed by atoms with Crippen LogP contribution in [0.1, 0.15) is 18.4 Å². The van der Waals surface area contributed by atoms with Crippen LogP contribution in [0.5, 0.6) is 0 Å². The molecule has 0 radical (unpaired) electrons. The molecule has 1 heterocycles. The minimum absolute atomic E-state index is 0.120. The van der Waals surface area contributed by atoms with Crippen LogP contribution in [0.25, 0.3) is 0 Å². The molecule has 1 atom stereocenters. The molecule has 0 saturated heterocycles. The van der Waals surface area contributed by atoms with Gasteiger partial charge in [0.05, 0.1) is 6.42 Å². The van der Waals surface area contributed by atoms with Gasteiger partial charge in [0.25, 0.3) is 0 Å². The molecule has 6 heteroatoms. The van der Waals surface area contributed by atoms with Crippen LogP contribution >= 0.6 is 0 Å². The smallest absolute Gasteiger partial charge is 0.311 e. The molecule has 0 aromatic heterocycles. The minimum Gasteiger partial charge on any atom is -0.311 e. The van der Waals surface area contributed by atoms with E-state index in [-0.39, 0.29) is 6.04 Å². The SMILES string of the molecule is CN(C)[C@H]1Cc2ccccc2N(C(=O)CCC(F)(F)F)C1. The van der Waals surface area contributed by atoms with Crippen molar-refractivity contribution in [3.63, 3.8) is 0 Å². The molecule has 3 nitrogen and oxygen atoms in total. The van der Waals surface area contributed by atoms with E-state index in [2.05, 4.69) is 0 Å². The van der Waals surface area contributed by atoms with E-state index >= 15 is 0 Å². The highest BCUT2D eigenvalue weighted by Crippen LogP contribution is 2.30. The fourth-order valence-corrected chi connectivity index (χ4v) is 2.54. The third-order valence-electron chi connectivity index (χ3n) is 3.78. The first kappa shape index (κ1) is 15.8. The number of carbonyl (C=O) groups excluding carboxylic acids is 1. The van der Waals surface area contributed by atoms with Crippen molar-refractivity contribution in [3.8, 4) is 0 Å². The average Bonchev–Trinajstić information content (AvgIpc) is 2.42. The first-order valence-electron chi connectivity index (χ1n) is 6.89. The van der Waals surface area contributed by atoms with Crippen molar-refractivity contribution in [1.82, 2.24) is 4.90 Å². The van der Waals surface area contributed by atoms with E-state index in [4.69, 9.17) is 0 Å². The molecule has 1 amide bonds. The first-order chi connectivity index (χ1) is 9.78. The second-order valence-electron chi connectivity index (χ2n) is 5.57. The molecule has 0 saturated carbocycles. The van der Waals surface area contributed by atoms with Gasteiger partial charge in [-0.1, -0.05) is 18.2 Å². The summed E-state index contributed by atoms with van der Waals surface area (Å²) in [6.07, 6.45) is -5.08. The summed E-state index contributed by atoms with van der Waals surface area (Å²) in [4.78, 5) is 15.7. The van der Waals surface area contributed by atoms with Crippen LogP contribution in [-0.2, 0) is 11.2 Å². The number of amides is 1. The van der Waals surface area contributed by atoms with E-state index in [1.165, 1.54) is 4.90 Å². The Morgan fingerprint density at radius 3 is 2.62 bits per heavy atom. The molecule has 0 unspecified atom stereocenters. The Labute approximate surface area is 122 Å². The van der Waals surface area contributed by atoms with E-state index < -0.39 is 24.9 Å². The Hall–Kier alpha value is -1.56. The maximum atomic E-state index is 12.3. The van der Waals surface area contributed by atoms with E-state index in [1.54, 1.807) is 12.1 Å². The van der Waals surface area contributed by atoms with Gasteiger partial charge in [-0.3, -0.25) is 4.79 Å². The van der Waals surface area contributed by atoms with Crippen LogP contribution in [-0.4, -0.2) is 43.7 Å². The van der Waals surface area contributed by atoms with Gasteiger partial charge in [-0.2, -0.15) is 13.2 Å². The molecule has 0 fully saturated rings. The summed E-state index contributed by atoms with van der Waals surface area (Å²) in [5, 5.41) is 0. The summed E-state index contributed by atoms with van der Waals surface area (Å²) in [5.41, 5.74) is 1.74. The van der Waals surface area contributed by atoms with Crippen molar-refractivity contribution >= 4 is 11.6 Å². The molecule has 0 N–H and O–H groups in total. The van der Waals surface area contributed by atoms with Crippen molar-refractivity contribution in [2.24, 2.45) is 0 Å². The second kappa shape index (κ2) is 6.05. The molecule has 1 aromatic rings. The fourth-order valence-electron chi connectivity index (χ4n) is 2.54. The third-order valence-corrected chi connectivity index (χ3v) is 3.78. The molecule has 2 rings (SSSR count). The van der Waals surface area contributed by atoms with E-state index in [1.807, 2.05) is 31.1 Å². The van der Waals surface area contributed by atoms with Gasteiger partial charge in [-0.05, 0) is 32.1 Å². The maximum Gasteiger partial charge on any atom is 0.389 e. The summed E-state index contributed by atoms with van der Waals surface area (Å²) in [7, 11) is 3.83. The van der Waals surface area contributed by atoms with Gasteiger partial charge in [0.1, 0.15) is 0 Å². The standard InChI is InChI=1S/C15H19F3N2O/c1-19(2)12-9-11-5-3-4-6-13(11)20(10-12)14(21)7-8-15(16,17)18/h3-6,12H,7-10H2,1-2H3/t12-/m0/s1. The van der Waals surface area contributed by atoms with Gasteiger partial charge < -0.3 is 9.80 Å². The number of alkyl halides is 3. The monoisotopic (exact) mass is 300 g/mol. The molecule has 1 aliphatic rings. The number of halogens is 3. The van der Waals surface area contributed by atoms with E-state index in [0.717, 1.165) is 17.7 Å². The molecule has 0 bridgehead atoms. The number of anilines is 1. The normalized spacial score (nSPS) is 18.8.